The molecule has 0 fully saturated rings. The second kappa shape index (κ2) is 4.30. The Balaban J connectivity index is 2.20. The predicted octanol–water partition coefficient (Wildman–Crippen LogP) is 3.58. The van der Waals surface area contributed by atoms with Crippen LogP contribution in [0.1, 0.15) is 34.6 Å². The van der Waals surface area contributed by atoms with Crippen LogP contribution in [0.25, 0.3) is 5.69 Å². The Morgan fingerprint density at radius 2 is 1.89 bits per heavy atom. The number of benzene rings is 1. The van der Waals surface area contributed by atoms with E-state index in [0.29, 0.717) is 17.7 Å². The molecule has 1 heterocycles. The van der Waals surface area contributed by atoms with Crippen LogP contribution in [-0.4, -0.2) is 10.4 Å². The molecule has 0 spiro atoms. The molecule has 1 aliphatic carbocycles. The minimum atomic E-state index is -0.874. The molecule has 1 aromatic heterocycles. The SMILES string of the molecule is Cc1cc2c(n1-c1ccc(F)c(F)c1)CCCC2=O. The summed E-state index contributed by atoms with van der Waals surface area (Å²) in [6.45, 7) is 1.87. The van der Waals surface area contributed by atoms with E-state index < -0.39 is 11.6 Å². The highest BCUT2D eigenvalue weighted by Crippen LogP contribution is 2.28. The van der Waals surface area contributed by atoms with Crippen molar-refractivity contribution in [1.29, 1.82) is 0 Å². The molecule has 2 nitrogen and oxygen atoms in total. The van der Waals surface area contributed by atoms with Gasteiger partial charge in [-0.3, -0.25) is 4.79 Å². The van der Waals surface area contributed by atoms with Crippen LogP contribution in [0.4, 0.5) is 8.78 Å². The number of hydrogen-bond donors (Lipinski definition) is 0. The van der Waals surface area contributed by atoms with Gasteiger partial charge >= 0.3 is 0 Å². The number of carbonyl (C=O) groups excluding carboxylic acids is 1. The molecule has 0 saturated heterocycles. The molecular weight excluding hydrogens is 248 g/mol. The summed E-state index contributed by atoms with van der Waals surface area (Å²) < 4.78 is 28.2. The average Bonchev–Trinajstić information content (AvgIpc) is 2.71. The molecule has 0 saturated carbocycles. The van der Waals surface area contributed by atoms with E-state index in [4.69, 9.17) is 0 Å². The molecule has 1 aliphatic rings. The lowest BCUT2D eigenvalue weighted by atomic mass is 9.96. The van der Waals surface area contributed by atoms with Crippen LogP contribution in [0.2, 0.25) is 0 Å². The molecule has 0 bridgehead atoms. The summed E-state index contributed by atoms with van der Waals surface area (Å²) in [6.07, 6.45) is 2.15. The standard InChI is InChI=1S/C15H13F2NO/c1-9-7-11-14(3-2-4-15(11)19)18(9)10-5-6-12(16)13(17)8-10/h5-8H,2-4H2,1H3. The fraction of sp³-hybridized carbons (Fsp3) is 0.267. The van der Waals surface area contributed by atoms with Gasteiger partial charge in [0.1, 0.15) is 0 Å². The number of ketones is 1. The lowest BCUT2D eigenvalue weighted by Gasteiger charge is -2.16. The fourth-order valence-corrected chi connectivity index (χ4v) is 2.71. The van der Waals surface area contributed by atoms with Crippen molar-refractivity contribution in [1.82, 2.24) is 4.57 Å². The number of Topliss-reactive ketones (excluding diaryl/α,β-unsaturated/α-hetero) is 1. The number of aromatic nitrogens is 1. The van der Waals surface area contributed by atoms with Gasteiger partial charge in [0.05, 0.1) is 0 Å². The van der Waals surface area contributed by atoms with Gasteiger partial charge in [-0.1, -0.05) is 0 Å². The average molecular weight is 261 g/mol. The zero-order valence-corrected chi connectivity index (χ0v) is 10.5. The van der Waals surface area contributed by atoms with Crippen molar-refractivity contribution < 1.29 is 13.6 Å². The summed E-state index contributed by atoms with van der Waals surface area (Å²) in [5, 5.41) is 0. The Bertz CT molecular complexity index is 673. The molecule has 0 amide bonds. The lowest BCUT2D eigenvalue weighted by Crippen LogP contribution is -2.12. The summed E-state index contributed by atoms with van der Waals surface area (Å²) in [4.78, 5) is 11.9. The second-order valence-corrected chi connectivity index (χ2v) is 4.86. The molecule has 98 valence electrons. The molecule has 2 aromatic rings. The van der Waals surface area contributed by atoms with Crippen molar-refractivity contribution in [2.45, 2.75) is 26.2 Å². The zero-order valence-electron chi connectivity index (χ0n) is 10.5. The van der Waals surface area contributed by atoms with E-state index in [1.807, 2.05) is 17.6 Å². The number of halogens is 2. The van der Waals surface area contributed by atoms with Crippen LogP contribution in [0, 0.1) is 18.6 Å². The Kier molecular flexibility index (Phi) is 2.73. The first kappa shape index (κ1) is 12.1. The largest absolute Gasteiger partial charge is 0.317 e. The third kappa shape index (κ3) is 1.87. The molecule has 19 heavy (non-hydrogen) atoms. The van der Waals surface area contributed by atoms with Gasteiger partial charge in [-0.25, -0.2) is 8.78 Å². The Hall–Kier alpha value is -1.97. The van der Waals surface area contributed by atoms with Gasteiger partial charge in [0.15, 0.2) is 17.4 Å². The van der Waals surface area contributed by atoms with Crippen LogP contribution in [0.5, 0.6) is 0 Å². The quantitative estimate of drug-likeness (QED) is 0.769. The first-order valence-electron chi connectivity index (χ1n) is 6.28. The Labute approximate surface area is 109 Å². The van der Waals surface area contributed by atoms with Gasteiger partial charge in [-0.2, -0.15) is 0 Å². The topological polar surface area (TPSA) is 22.0 Å². The molecule has 0 aliphatic heterocycles. The van der Waals surface area contributed by atoms with E-state index in [1.54, 1.807) is 0 Å². The summed E-state index contributed by atoms with van der Waals surface area (Å²) >= 11 is 0. The van der Waals surface area contributed by atoms with E-state index in [2.05, 4.69) is 0 Å². The number of carbonyl (C=O) groups is 1. The summed E-state index contributed by atoms with van der Waals surface area (Å²) in [7, 11) is 0. The zero-order chi connectivity index (χ0) is 13.6. The van der Waals surface area contributed by atoms with Crippen molar-refractivity contribution in [2.24, 2.45) is 0 Å². The van der Waals surface area contributed by atoms with E-state index in [-0.39, 0.29) is 5.78 Å². The number of fused-ring (bicyclic) bond motifs is 1. The van der Waals surface area contributed by atoms with Gasteiger partial charge in [-0.05, 0) is 38.0 Å². The van der Waals surface area contributed by atoms with E-state index in [0.717, 1.165) is 30.3 Å². The minimum absolute atomic E-state index is 0.130. The maximum absolute atomic E-state index is 13.4. The van der Waals surface area contributed by atoms with Crippen molar-refractivity contribution >= 4 is 5.78 Å². The van der Waals surface area contributed by atoms with Gasteiger partial charge < -0.3 is 4.57 Å². The van der Waals surface area contributed by atoms with Crippen molar-refractivity contribution in [2.75, 3.05) is 0 Å². The second-order valence-electron chi connectivity index (χ2n) is 4.86. The third-order valence-corrected chi connectivity index (χ3v) is 3.57. The van der Waals surface area contributed by atoms with Crippen molar-refractivity contribution in [3.63, 3.8) is 0 Å². The maximum Gasteiger partial charge on any atom is 0.164 e. The normalized spacial score (nSPS) is 14.6. The van der Waals surface area contributed by atoms with Crippen LogP contribution in [-0.2, 0) is 6.42 Å². The molecule has 1 aromatic carbocycles. The van der Waals surface area contributed by atoms with Crippen molar-refractivity contribution in [3.05, 3.63) is 52.9 Å². The van der Waals surface area contributed by atoms with Crippen molar-refractivity contribution in [3.8, 4) is 5.69 Å². The third-order valence-electron chi connectivity index (χ3n) is 3.57. The van der Waals surface area contributed by atoms with E-state index in [1.165, 1.54) is 12.1 Å². The predicted molar refractivity (Wildman–Crippen MR) is 67.7 cm³/mol. The van der Waals surface area contributed by atoms with Crippen LogP contribution in [0.3, 0.4) is 0 Å². The molecule has 0 atom stereocenters. The number of hydrogen-bond acceptors (Lipinski definition) is 1. The Morgan fingerprint density at radius 3 is 2.63 bits per heavy atom. The molecule has 0 unspecified atom stereocenters. The highest BCUT2D eigenvalue weighted by molar-refractivity contribution is 5.98. The molecular formula is C15H13F2NO. The van der Waals surface area contributed by atoms with Gasteiger partial charge in [0, 0.05) is 35.1 Å². The molecule has 4 heteroatoms. The monoisotopic (exact) mass is 261 g/mol. The highest BCUT2D eigenvalue weighted by Gasteiger charge is 2.23. The van der Waals surface area contributed by atoms with Gasteiger partial charge in [0.2, 0.25) is 0 Å². The van der Waals surface area contributed by atoms with Gasteiger partial charge in [0.25, 0.3) is 0 Å². The first-order chi connectivity index (χ1) is 9.08. The molecule has 0 N–H and O–H groups in total. The summed E-state index contributed by atoms with van der Waals surface area (Å²) in [6, 6.07) is 5.64. The van der Waals surface area contributed by atoms with E-state index >= 15 is 0 Å². The maximum atomic E-state index is 13.4. The van der Waals surface area contributed by atoms with Crippen LogP contribution >= 0.6 is 0 Å². The molecule has 3 rings (SSSR count). The highest BCUT2D eigenvalue weighted by atomic mass is 19.2. The first-order valence-corrected chi connectivity index (χ1v) is 6.28. The molecule has 0 radical (unpaired) electrons. The van der Waals surface area contributed by atoms with E-state index in [9.17, 15) is 13.6 Å². The lowest BCUT2D eigenvalue weighted by molar-refractivity contribution is 0.0972. The van der Waals surface area contributed by atoms with Gasteiger partial charge in [-0.15, -0.1) is 0 Å². The summed E-state index contributed by atoms with van der Waals surface area (Å²) in [5.74, 6) is -1.61. The smallest absolute Gasteiger partial charge is 0.164 e. The number of aryl methyl sites for hydroxylation is 1. The fourth-order valence-electron chi connectivity index (χ4n) is 2.71. The number of nitrogens with zero attached hydrogens (tertiary/aromatic N) is 1. The number of rotatable bonds is 1. The summed E-state index contributed by atoms with van der Waals surface area (Å²) in [5.41, 5.74) is 3.05. The Morgan fingerprint density at radius 1 is 1.11 bits per heavy atom. The minimum Gasteiger partial charge on any atom is -0.317 e. The van der Waals surface area contributed by atoms with Crippen LogP contribution < -0.4 is 0 Å². The van der Waals surface area contributed by atoms with Crippen LogP contribution in [0.15, 0.2) is 24.3 Å².